The third-order valence-corrected chi connectivity index (χ3v) is 3.25. The second kappa shape index (κ2) is 6.41. The number of rotatable bonds is 7. The summed E-state index contributed by atoms with van der Waals surface area (Å²) in [6.45, 7) is 1.23. The smallest absolute Gasteiger partial charge is 0.145 e. The Morgan fingerprint density at radius 1 is 1.14 bits per heavy atom. The monoisotopic (exact) mass is 285 g/mol. The van der Waals surface area contributed by atoms with Crippen LogP contribution in [0, 0.1) is 0 Å². The van der Waals surface area contributed by atoms with E-state index in [1.807, 2.05) is 30.3 Å². The average molecular weight is 285 g/mol. The van der Waals surface area contributed by atoms with E-state index in [1.165, 1.54) is 0 Å². The molecular formula is C15H19N5O. The van der Waals surface area contributed by atoms with E-state index in [0.29, 0.717) is 24.9 Å². The highest BCUT2D eigenvalue weighted by Gasteiger charge is 2.27. The predicted molar refractivity (Wildman–Crippen MR) is 82.2 cm³/mol. The topological polar surface area (TPSA) is 85.1 Å². The maximum absolute atomic E-state index is 5.63. The number of ether oxygens (including phenoxy) is 1. The molecule has 0 aliphatic heterocycles. The molecule has 1 fully saturated rings. The summed E-state index contributed by atoms with van der Waals surface area (Å²) in [5.41, 5.74) is 2.58. The number of hydrogen-bond acceptors (Lipinski definition) is 6. The maximum atomic E-state index is 5.63. The summed E-state index contributed by atoms with van der Waals surface area (Å²) in [5.74, 6) is 9.07. The second-order valence-corrected chi connectivity index (χ2v) is 5.00. The van der Waals surface area contributed by atoms with Crippen LogP contribution in [0.1, 0.15) is 24.6 Å². The number of hydrogen-bond donors (Lipinski definition) is 3. The zero-order valence-electron chi connectivity index (χ0n) is 11.7. The van der Waals surface area contributed by atoms with E-state index in [2.05, 4.69) is 20.7 Å². The summed E-state index contributed by atoms with van der Waals surface area (Å²) < 4.78 is 5.63. The zero-order chi connectivity index (χ0) is 14.5. The second-order valence-electron chi connectivity index (χ2n) is 5.00. The number of para-hydroxylation sites is 1. The molecule has 1 aliphatic carbocycles. The first-order valence-corrected chi connectivity index (χ1v) is 7.12. The molecule has 3 rings (SSSR count). The van der Waals surface area contributed by atoms with E-state index in [4.69, 9.17) is 10.6 Å². The molecule has 0 unspecified atom stereocenters. The predicted octanol–water partition coefficient (Wildman–Crippen LogP) is 2.13. The summed E-state index contributed by atoms with van der Waals surface area (Å²) in [5, 5.41) is 3.24. The van der Waals surface area contributed by atoms with E-state index in [9.17, 15) is 0 Å². The van der Waals surface area contributed by atoms with E-state index in [0.717, 1.165) is 30.2 Å². The Morgan fingerprint density at radius 3 is 2.62 bits per heavy atom. The number of hydrazine groups is 1. The Hall–Kier alpha value is -2.34. The molecule has 110 valence electrons. The molecule has 1 aromatic heterocycles. The molecule has 1 aliphatic rings. The lowest BCUT2D eigenvalue weighted by molar-refractivity contribution is 0.332. The lowest BCUT2D eigenvalue weighted by atomic mass is 10.3. The third-order valence-electron chi connectivity index (χ3n) is 3.25. The molecule has 0 saturated heterocycles. The van der Waals surface area contributed by atoms with Crippen LogP contribution in [-0.4, -0.2) is 23.1 Å². The van der Waals surface area contributed by atoms with Gasteiger partial charge in [0, 0.05) is 12.0 Å². The minimum absolute atomic E-state index is 0.486. The molecule has 0 bridgehead atoms. The lowest BCUT2D eigenvalue weighted by Crippen LogP contribution is -2.15. The minimum Gasteiger partial charge on any atom is -0.492 e. The summed E-state index contributed by atoms with van der Waals surface area (Å²) in [7, 11) is 0. The number of anilines is 2. The van der Waals surface area contributed by atoms with Crippen molar-refractivity contribution >= 4 is 11.6 Å². The van der Waals surface area contributed by atoms with Gasteiger partial charge < -0.3 is 15.5 Å². The number of nitrogens with zero attached hydrogens (tertiary/aromatic N) is 2. The van der Waals surface area contributed by atoms with Crippen molar-refractivity contribution in [1.29, 1.82) is 0 Å². The van der Waals surface area contributed by atoms with Crippen molar-refractivity contribution in [1.82, 2.24) is 9.97 Å². The normalized spacial score (nSPS) is 13.8. The van der Waals surface area contributed by atoms with Crippen molar-refractivity contribution < 1.29 is 4.74 Å². The van der Waals surface area contributed by atoms with Gasteiger partial charge in [-0.3, -0.25) is 0 Å². The first kappa shape index (κ1) is 13.6. The van der Waals surface area contributed by atoms with Gasteiger partial charge in [-0.15, -0.1) is 0 Å². The van der Waals surface area contributed by atoms with Gasteiger partial charge in [0.2, 0.25) is 0 Å². The Labute approximate surface area is 123 Å². The fourth-order valence-corrected chi connectivity index (χ4v) is 2.02. The Kier molecular flexibility index (Phi) is 4.16. The minimum atomic E-state index is 0.486. The van der Waals surface area contributed by atoms with Crippen molar-refractivity contribution in [2.24, 2.45) is 5.84 Å². The quantitative estimate of drug-likeness (QED) is 0.410. The third kappa shape index (κ3) is 3.82. The van der Waals surface area contributed by atoms with Gasteiger partial charge in [0.05, 0.1) is 6.54 Å². The first-order chi connectivity index (χ1) is 10.3. The number of nitrogens with two attached hydrogens (primary N) is 1. The zero-order valence-corrected chi connectivity index (χ0v) is 11.7. The van der Waals surface area contributed by atoms with Crippen LogP contribution >= 0.6 is 0 Å². The molecule has 0 atom stereocenters. The standard InChI is InChI=1S/C15H19N5O/c16-20-14-10-13(18-15(19-14)11-6-7-11)17-8-9-21-12-4-2-1-3-5-12/h1-5,10-11H,6-9,16H2,(H2,17,18,19,20). The summed E-state index contributed by atoms with van der Waals surface area (Å²) in [6, 6.07) is 11.5. The number of nitrogen functional groups attached to an aromatic ring is 1. The highest BCUT2D eigenvalue weighted by molar-refractivity contribution is 5.47. The van der Waals surface area contributed by atoms with Crippen LogP contribution in [0.4, 0.5) is 11.6 Å². The van der Waals surface area contributed by atoms with Crippen molar-refractivity contribution in [3.8, 4) is 5.75 Å². The van der Waals surface area contributed by atoms with E-state index >= 15 is 0 Å². The molecule has 6 heteroatoms. The highest BCUT2D eigenvalue weighted by Crippen LogP contribution is 2.38. The molecule has 2 aromatic rings. The van der Waals surface area contributed by atoms with Crippen molar-refractivity contribution in [2.45, 2.75) is 18.8 Å². The van der Waals surface area contributed by atoms with Crippen LogP contribution in [0.25, 0.3) is 0 Å². The van der Waals surface area contributed by atoms with Gasteiger partial charge >= 0.3 is 0 Å². The van der Waals surface area contributed by atoms with Crippen LogP contribution in [0.5, 0.6) is 5.75 Å². The Morgan fingerprint density at radius 2 is 1.90 bits per heavy atom. The van der Waals surface area contributed by atoms with Crippen LogP contribution in [0.3, 0.4) is 0 Å². The fraction of sp³-hybridized carbons (Fsp3) is 0.333. The summed E-state index contributed by atoms with van der Waals surface area (Å²) >= 11 is 0. The summed E-state index contributed by atoms with van der Waals surface area (Å²) in [6.07, 6.45) is 2.31. The molecule has 1 saturated carbocycles. The summed E-state index contributed by atoms with van der Waals surface area (Å²) in [4.78, 5) is 8.89. The van der Waals surface area contributed by atoms with E-state index in [-0.39, 0.29) is 0 Å². The van der Waals surface area contributed by atoms with Gasteiger partial charge in [0.15, 0.2) is 0 Å². The van der Waals surface area contributed by atoms with Gasteiger partial charge in [0.25, 0.3) is 0 Å². The van der Waals surface area contributed by atoms with Gasteiger partial charge in [-0.1, -0.05) is 18.2 Å². The number of nitrogens with one attached hydrogen (secondary N) is 2. The molecule has 0 amide bonds. The first-order valence-electron chi connectivity index (χ1n) is 7.12. The van der Waals surface area contributed by atoms with Gasteiger partial charge in [0.1, 0.15) is 29.8 Å². The molecule has 6 nitrogen and oxygen atoms in total. The molecule has 1 heterocycles. The van der Waals surface area contributed by atoms with Crippen LogP contribution in [0.15, 0.2) is 36.4 Å². The highest BCUT2D eigenvalue weighted by atomic mass is 16.5. The molecule has 4 N–H and O–H groups in total. The maximum Gasteiger partial charge on any atom is 0.145 e. The fourth-order valence-electron chi connectivity index (χ4n) is 2.02. The number of benzene rings is 1. The molecule has 21 heavy (non-hydrogen) atoms. The number of aromatic nitrogens is 2. The van der Waals surface area contributed by atoms with Crippen LogP contribution in [-0.2, 0) is 0 Å². The van der Waals surface area contributed by atoms with Crippen molar-refractivity contribution in [2.75, 3.05) is 23.9 Å². The SMILES string of the molecule is NNc1cc(NCCOc2ccccc2)nc(C2CC2)n1. The van der Waals surface area contributed by atoms with Gasteiger partial charge in [-0.2, -0.15) is 0 Å². The molecule has 0 radical (unpaired) electrons. The molecular weight excluding hydrogens is 266 g/mol. The van der Waals surface area contributed by atoms with Crippen LogP contribution < -0.4 is 21.3 Å². The Bertz CT molecular complexity index is 586. The van der Waals surface area contributed by atoms with E-state index < -0.39 is 0 Å². The molecule has 0 spiro atoms. The van der Waals surface area contributed by atoms with Crippen LogP contribution in [0.2, 0.25) is 0 Å². The Balaban J connectivity index is 1.53. The molecule has 1 aromatic carbocycles. The van der Waals surface area contributed by atoms with Gasteiger partial charge in [-0.05, 0) is 25.0 Å². The van der Waals surface area contributed by atoms with E-state index in [1.54, 1.807) is 6.07 Å². The van der Waals surface area contributed by atoms with Gasteiger partial charge in [-0.25, -0.2) is 15.8 Å². The van der Waals surface area contributed by atoms with Crippen molar-refractivity contribution in [3.05, 3.63) is 42.2 Å². The lowest BCUT2D eigenvalue weighted by Gasteiger charge is -2.10. The van der Waals surface area contributed by atoms with Crippen molar-refractivity contribution in [3.63, 3.8) is 0 Å². The average Bonchev–Trinajstić information content (AvgIpc) is 3.37. The largest absolute Gasteiger partial charge is 0.492 e.